The largest absolute Gasteiger partial charge is 0.454 e. The molecule has 1 saturated heterocycles. The van der Waals surface area contributed by atoms with Crippen LogP contribution in [0.25, 0.3) is 0 Å². The first-order valence-electron chi connectivity index (χ1n) is 31.4. The lowest BCUT2D eigenvalue weighted by Crippen LogP contribution is -2.61. The molecule has 8 atom stereocenters. The molecule has 1 rings (SSSR count). The van der Waals surface area contributed by atoms with Crippen molar-refractivity contribution >= 4 is 11.9 Å². The number of nitrogens with one attached hydrogen (secondary N) is 1. The summed E-state index contributed by atoms with van der Waals surface area (Å²) in [4.78, 5) is 26.5. The van der Waals surface area contributed by atoms with Gasteiger partial charge in [-0.1, -0.05) is 258 Å². The monoisotopic (exact) mass is 1100 g/mol. The summed E-state index contributed by atoms with van der Waals surface area (Å²) in [6.45, 7) is 5.56. The van der Waals surface area contributed by atoms with Crippen LogP contribution in [0.2, 0.25) is 0 Å². The van der Waals surface area contributed by atoms with Crippen LogP contribution in [0.3, 0.4) is 0 Å². The van der Waals surface area contributed by atoms with Gasteiger partial charge in [0.05, 0.1) is 25.4 Å². The van der Waals surface area contributed by atoms with E-state index < -0.39 is 67.4 Å². The summed E-state index contributed by atoms with van der Waals surface area (Å²) >= 11 is 0. The van der Waals surface area contributed by atoms with E-state index >= 15 is 0 Å². The van der Waals surface area contributed by atoms with Gasteiger partial charge in [0, 0.05) is 6.42 Å². The molecule has 1 fully saturated rings. The van der Waals surface area contributed by atoms with Gasteiger partial charge in [0.1, 0.15) is 24.4 Å². The van der Waals surface area contributed by atoms with Gasteiger partial charge in [-0.15, -0.1) is 0 Å². The maximum Gasteiger partial charge on any atom is 0.306 e. The standard InChI is InChI=1S/C68H113NO10/c1-4-7-10-13-16-19-22-24-26-27-28-29-30-31-32-33-34-35-36-38-41-44-47-50-53-56-63(73)79-66-65(75)64(74)62(57-70)78-68(66)77-58-59(60(71)54-51-48-45-42-39-21-18-15-12-9-6-3)69-67(76)61(72)55-52-49-46-43-40-37-25-23-20-17-14-11-8-5-2/h8,11,14,16-17,19-20,23-26,28-29,31-32,37,40,43,51,54,59-62,64-66,68,70-72,74-75H,4-7,9-10,12-13,15,18,21-22,27,30,33-36,38-39,41-42,44-50,52-53,55-58H2,1-3H3,(H,69,76)/b11-8+,17-14+,19-16-,23-20-,26-24-,29-28-,32-31-,37-25-,43-40+,54-51+. The van der Waals surface area contributed by atoms with Gasteiger partial charge >= 0.3 is 5.97 Å². The van der Waals surface area contributed by atoms with Crippen molar-refractivity contribution in [3.63, 3.8) is 0 Å². The summed E-state index contributed by atoms with van der Waals surface area (Å²) in [5.41, 5.74) is 0. The predicted molar refractivity (Wildman–Crippen MR) is 328 cm³/mol. The number of hydrogen-bond acceptors (Lipinski definition) is 10. The summed E-state index contributed by atoms with van der Waals surface area (Å²) < 4.78 is 17.6. The maximum absolute atomic E-state index is 13.4. The molecular formula is C68H113NO10. The number of allylic oxidation sites excluding steroid dienone is 19. The van der Waals surface area contributed by atoms with Gasteiger partial charge in [0.15, 0.2) is 12.4 Å². The van der Waals surface area contributed by atoms with Gasteiger partial charge in [-0.2, -0.15) is 0 Å². The molecule has 450 valence electrons. The third kappa shape index (κ3) is 42.6. The van der Waals surface area contributed by atoms with Crippen molar-refractivity contribution in [2.75, 3.05) is 13.2 Å². The fourth-order valence-electron chi connectivity index (χ4n) is 9.01. The first kappa shape index (κ1) is 73.1. The van der Waals surface area contributed by atoms with E-state index in [1.165, 1.54) is 89.9 Å². The Balaban J connectivity index is 2.64. The van der Waals surface area contributed by atoms with Crippen LogP contribution in [-0.4, -0.2) is 99.6 Å². The summed E-state index contributed by atoms with van der Waals surface area (Å²) in [5.74, 6) is -1.25. The third-order valence-electron chi connectivity index (χ3n) is 14.0. The summed E-state index contributed by atoms with van der Waals surface area (Å²) in [5, 5.41) is 56.9. The lowest BCUT2D eigenvalue weighted by atomic mass is 9.99. The van der Waals surface area contributed by atoms with Crippen molar-refractivity contribution in [2.45, 2.75) is 282 Å². The Morgan fingerprint density at radius 2 is 0.962 bits per heavy atom. The first-order valence-corrected chi connectivity index (χ1v) is 31.4. The number of rotatable bonds is 51. The van der Waals surface area contributed by atoms with Crippen molar-refractivity contribution in [2.24, 2.45) is 0 Å². The summed E-state index contributed by atoms with van der Waals surface area (Å²) in [6, 6.07) is -1.05. The lowest BCUT2D eigenvalue weighted by Gasteiger charge is -2.41. The van der Waals surface area contributed by atoms with Gasteiger partial charge in [0.2, 0.25) is 5.91 Å². The molecule has 79 heavy (non-hydrogen) atoms. The quantitative estimate of drug-likeness (QED) is 0.0149. The third-order valence-corrected chi connectivity index (χ3v) is 14.0. The average molecular weight is 1100 g/mol. The van der Waals surface area contributed by atoms with Crippen LogP contribution in [0, 0.1) is 0 Å². The van der Waals surface area contributed by atoms with Gasteiger partial charge in [-0.3, -0.25) is 9.59 Å². The van der Waals surface area contributed by atoms with E-state index in [4.69, 9.17) is 14.2 Å². The van der Waals surface area contributed by atoms with Crippen LogP contribution < -0.4 is 5.32 Å². The SMILES string of the molecule is CC/C=C/C=C/C=C\C=C/C=C/CCCCC(O)C(=O)NC(COC1OC(CO)C(O)C(O)C1OC(=O)CCCCCCCCCCC/C=C\C/C=C\C/C=C\C/C=C\CCCCC)C(O)/C=C/CCCCCCCCCCC. The highest BCUT2D eigenvalue weighted by Gasteiger charge is 2.47. The number of hydrogen-bond donors (Lipinski definition) is 6. The molecule has 1 amide bonds. The van der Waals surface area contributed by atoms with E-state index in [-0.39, 0.29) is 19.4 Å². The Labute approximate surface area is 480 Å². The molecule has 8 unspecified atom stereocenters. The number of aliphatic hydroxyl groups excluding tert-OH is 5. The number of unbranched alkanes of at least 4 members (excludes halogenated alkanes) is 23. The molecule has 0 aliphatic carbocycles. The minimum atomic E-state index is -1.63. The average Bonchev–Trinajstić information content (AvgIpc) is 3.45. The van der Waals surface area contributed by atoms with Gasteiger partial charge < -0.3 is 45.1 Å². The lowest BCUT2D eigenvalue weighted by molar-refractivity contribution is -0.305. The molecule has 0 aromatic heterocycles. The van der Waals surface area contributed by atoms with E-state index in [1.807, 2.05) is 60.8 Å². The van der Waals surface area contributed by atoms with E-state index in [0.717, 1.165) is 96.3 Å². The fourth-order valence-corrected chi connectivity index (χ4v) is 9.01. The second kappa shape index (κ2) is 54.6. The Morgan fingerprint density at radius 1 is 0.519 bits per heavy atom. The molecule has 1 aliphatic heterocycles. The smallest absolute Gasteiger partial charge is 0.306 e. The molecular weight excluding hydrogens is 991 g/mol. The minimum Gasteiger partial charge on any atom is -0.454 e. The van der Waals surface area contributed by atoms with Crippen LogP contribution in [0.5, 0.6) is 0 Å². The predicted octanol–water partition coefficient (Wildman–Crippen LogP) is 15.1. The van der Waals surface area contributed by atoms with Crippen molar-refractivity contribution < 1.29 is 49.3 Å². The Bertz CT molecular complexity index is 1740. The van der Waals surface area contributed by atoms with Crippen molar-refractivity contribution in [1.82, 2.24) is 5.32 Å². The Morgan fingerprint density at radius 3 is 1.51 bits per heavy atom. The number of amides is 1. The maximum atomic E-state index is 13.4. The second-order valence-electron chi connectivity index (χ2n) is 21.2. The van der Waals surface area contributed by atoms with E-state index in [2.05, 4.69) is 80.8 Å². The fraction of sp³-hybridized carbons (Fsp3) is 0.676. The number of aliphatic hydroxyl groups is 5. The summed E-state index contributed by atoms with van der Waals surface area (Å²) in [7, 11) is 0. The van der Waals surface area contributed by atoms with Gasteiger partial charge in [-0.05, 0) is 89.9 Å². The highest BCUT2D eigenvalue weighted by Crippen LogP contribution is 2.26. The zero-order chi connectivity index (χ0) is 57.5. The van der Waals surface area contributed by atoms with Crippen molar-refractivity contribution in [1.29, 1.82) is 0 Å². The molecule has 0 spiro atoms. The topological polar surface area (TPSA) is 175 Å². The second-order valence-corrected chi connectivity index (χ2v) is 21.2. The zero-order valence-corrected chi connectivity index (χ0v) is 49.7. The van der Waals surface area contributed by atoms with Gasteiger partial charge in [0.25, 0.3) is 0 Å². The summed E-state index contributed by atoms with van der Waals surface area (Å²) in [6.07, 6.45) is 65.3. The van der Waals surface area contributed by atoms with Crippen LogP contribution >= 0.6 is 0 Å². The normalized spacial score (nSPS) is 19.7. The van der Waals surface area contributed by atoms with E-state index in [1.54, 1.807) is 6.08 Å². The molecule has 11 nitrogen and oxygen atoms in total. The molecule has 1 heterocycles. The molecule has 0 aromatic carbocycles. The van der Waals surface area contributed by atoms with Crippen LogP contribution in [0.4, 0.5) is 0 Å². The molecule has 0 saturated carbocycles. The molecule has 0 aromatic rings. The highest BCUT2D eigenvalue weighted by molar-refractivity contribution is 5.80. The van der Waals surface area contributed by atoms with Crippen molar-refractivity contribution in [3.05, 3.63) is 122 Å². The number of carbonyl (C=O) groups is 2. The molecule has 11 heteroatoms. The van der Waals surface area contributed by atoms with Gasteiger partial charge in [-0.25, -0.2) is 0 Å². The van der Waals surface area contributed by atoms with Crippen LogP contribution in [-0.2, 0) is 23.8 Å². The number of carbonyl (C=O) groups excluding carboxylic acids is 2. The molecule has 1 aliphatic rings. The van der Waals surface area contributed by atoms with E-state index in [0.29, 0.717) is 12.8 Å². The van der Waals surface area contributed by atoms with E-state index in [9.17, 15) is 35.1 Å². The number of ether oxygens (including phenoxy) is 3. The molecule has 0 bridgehead atoms. The van der Waals surface area contributed by atoms with Crippen LogP contribution in [0.15, 0.2) is 122 Å². The van der Waals surface area contributed by atoms with Crippen molar-refractivity contribution in [3.8, 4) is 0 Å². The van der Waals surface area contributed by atoms with Crippen LogP contribution in [0.1, 0.15) is 233 Å². The molecule has 6 N–H and O–H groups in total. The number of esters is 1. The minimum absolute atomic E-state index is 0.104. The first-order chi connectivity index (χ1) is 38.7. The Hall–Kier alpha value is -3.94. The Kier molecular flexibility index (Phi) is 50.5. The zero-order valence-electron chi connectivity index (χ0n) is 49.7. The molecule has 0 radical (unpaired) electrons. The highest BCUT2D eigenvalue weighted by atomic mass is 16.7.